The van der Waals surface area contributed by atoms with Gasteiger partial charge in [-0.3, -0.25) is 4.79 Å². The third-order valence-corrected chi connectivity index (χ3v) is 4.65. The fourth-order valence-electron chi connectivity index (χ4n) is 2.82. The minimum absolute atomic E-state index is 0.111. The number of anilines is 1. The Bertz CT molecular complexity index is 1170. The third kappa shape index (κ3) is 4.67. The molecule has 0 fully saturated rings. The molecule has 150 valence electrons. The number of benzene rings is 3. The predicted octanol–water partition coefficient (Wildman–Crippen LogP) is 5.38. The standard InChI is InChI=1S/C23H18ClN3O3/c1-15-5-2-3-8-20(15)25-21(28)14-29-19-7-4-6-17(13-19)22-26-23(30-27-22)16-9-11-18(24)12-10-16/h2-13H,14H2,1H3,(H,25,28). The molecule has 7 heteroatoms. The molecule has 1 N–H and O–H groups in total. The van der Waals surface area contributed by atoms with Crippen molar-refractivity contribution in [3.05, 3.63) is 83.4 Å². The van der Waals surface area contributed by atoms with Gasteiger partial charge in [0.2, 0.25) is 5.82 Å². The van der Waals surface area contributed by atoms with Crippen molar-refractivity contribution in [3.63, 3.8) is 0 Å². The number of halogens is 1. The number of hydrogen-bond acceptors (Lipinski definition) is 5. The second-order valence-corrected chi connectivity index (χ2v) is 7.05. The van der Waals surface area contributed by atoms with E-state index >= 15 is 0 Å². The lowest BCUT2D eigenvalue weighted by Gasteiger charge is -2.09. The number of hydrogen-bond donors (Lipinski definition) is 1. The van der Waals surface area contributed by atoms with Crippen LogP contribution in [0.2, 0.25) is 5.02 Å². The van der Waals surface area contributed by atoms with Crippen LogP contribution in [-0.2, 0) is 4.79 Å². The molecule has 0 radical (unpaired) electrons. The average molecular weight is 420 g/mol. The van der Waals surface area contributed by atoms with Gasteiger partial charge in [0.05, 0.1) is 0 Å². The molecule has 0 bridgehead atoms. The minimum atomic E-state index is -0.237. The summed E-state index contributed by atoms with van der Waals surface area (Å²) in [6.45, 7) is 1.82. The zero-order valence-corrected chi connectivity index (χ0v) is 16.9. The molecule has 0 spiro atoms. The van der Waals surface area contributed by atoms with Crippen LogP contribution in [-0.4, -0.2) is 22.7 Å². The van der Waals surface area contributed by atoms with Crippen LogP contribution in [0, 0.1) is 6.92 Å². The Morgan fingerprint density at radius 1 is 1.03 bits per heavy atom. The molecule has 0 unspecified atom stereocenters. The van der Waals surface area contributed by atoms with Crippen LogP contribution in [0.5, 0.6) is 5.75 Å². The largest absolute Gasteiger partial charge is 0.484 e. The van der Waals surface area contributed by atoms with Crippen molar-refractivity contribution in [3.8, 4) is 28.6 Å². The number of nitrogens with one attached hydrogen (secondary N) is 1. The van der Waals surface area contributed by atoms with Crippen molar-refractivity contribution in [2.75, 3.05) is 11.9 Å². The number of aromatic nitrogens is 2. The molecule has 0 saturated heterocycles. The highest BCUT2D eigenvalue weighted by atomic mass is 35.5. The molecule has 0 aliphatic heterocycles. The first-order valence-corrected chi connectivity index (χ1v) is 9.65. The number of ether oxygens (including phenoxy) is 1. The summed E-state index contributed by atoms with van der Waals surface area (Å²) in [6, 6.07) is 21.9. The number of para-hydroxylation sites is 1. The van der Waals surface area contributed by atoms with Gasteiger partial charge < -0.3 is 14.6 Å². The molecule has 30 heavy (non-hydrogen) atoms. The lowest BCUT2D eigenvalue weighted by molar-refractivity contribution is -0.118. The maximum absolute atomic E-state index is 12.2. The Morgan fingerprint density at radius 3 is 2.63 bits per heavy atom. The zero-order valence-electron chi connectivity index (χ0n) is 16.1. The van der Waals surface area contributed by atoms with Crippen LogP contribution in [0.1, 0.15) is 5.56 Å². The molecule has 1 heterocycles. The second kappa shape index (κ2) is 8.80. The minimum Gasteiger partial charge on any atom is -0.484 e. The van der Waals surface area contributed by atoms with E-state index in [1.807, 2.05) is 55.5 Å². The average Bonchev–Trinajstić information content (AvgIpc) is 3.25. The van der Waals surface area contributed by atoms with Gasteiger partial charge in [-0.05, 0) is 55.0 Å². The van der Waals surface area contributed by atoms with Crippen molar-refractivity contribution in [2.45, 2.75) is 6.92 Å². The fourth-order valence-corrected chi connectivity index (χ4v) is 2.95. The maximum Gasteiger partial charge on any atom is 0.262 e. The summed E-state index contributed by atoms with van der Waals surface area (Å²) in [4.78, 5) is 16.6. The molecular formula is C23H18ClN3O3. The van der Waals surface area contributed by atoms with Crippen molar-refractivity contribution < 1.29 is 14.1 Å². The van der Waals surface area contributed by atoms with E-state index in [9.17, 15) is 4.79 Å². The van der Waals surface area contributed by atoms with E-state index < -0.39 is 0 Å². The Kier molecular flexibility index (Phi) is 5.77. The van der Waals surface area contributed by atoms with Gasteiger partial charge in [-0.15, -0.1) is 0 Å². The Balaban J connectivity index is 1.42. The molecule has 0 aliphatic rings. The van der Waals surface area contributed by atoms with Crippen LogP contribution in [0.15, 0.2) is 77.3 Å². The highest BCUT2D eigenvalue weighted by Crippen LogP contribution is 2.25. The molecule has 3 aromatic carbocycles. The first kappa shape index (κ1) is 19.7. The van der Waals surface area contributed by atoms with Crippen molar-refractivity contribution in [1.29, 1.82) is 0 Å². The molecule has 1 aromatic heterocycles. The highest BCUT2D eigenvalue weighted by molar-refractivity contribution is 6.30. The Hall–Kier alpha value is -3.64. The van der Waals surface area contributed by atoms with Crippen molar-refractivity contribution >= 4 is 23.2 Å². The summed E-state index contributed by atoms with van der Waals surface area (Å²) >= 11 is 5.91. The van der Waals surface area contributed by atoms with Gasteiger partial charge in [0.15, 0.2) is 6.61 Å². The van der Waals surface area contributed by atoms with Gasteiger partial charge in [0.25, 0.3) is 11.8 Å². The van der Waals surface area contributed by atoms with Gasteiger partial charge in [0, 0.05) is 21.8 Å². The number of aryl methyl sites for hydroxylation is 1. The van der Waals surface area contributed by atoms with E-state index in [0.29, 0.717) is 22.5 Å². The quantitative estimate of drug-likeness (QED) is 0.453. The van der Waals surface area contributed by atoms with Crippen LogP contribution in [0.4, 0.5) is 5.69 Å². The number of carbonyl (C=O) groups is 1. The van der Waals surface area contributed by atoms with Crippen LogP contribution in [0.3, 0.4) is 0 Å². The summed E-state index contributed by atoms with van der Waals surface area (Å²) in [5.74, 6) is 1.12. The zero-order chi connectivity index (χ0) is 20.9. The van der Waals surface area contributed by atoms with Crippen LogP contribution >= 0.6 is 11.6 Å². The number of carbonyl (C=O) groups excluding carboxylic acids is 1. The molecular weight excluding hydrogens is 402 g/mol. The van der Waals surface area contributed by atoms with Gasteiger partial charge in [-0.25, -0.2) is 0 Å². The van der Waals surface area contributed by atoms with Crippen LogP contribution in [0.25, 0.3) is 22.8 Å². The van der Waals surface area contributed by atoms with E-state index in [-0.39, 0.29) is 12.5 Å². The van der Waals surface area contributed by atoms with Crippen LogP contribution < -0.4 is 10.1 Å². The van der Waals surface area contributed by atoms with Crippen molar-refractivity contribution in [1.82, 2.24) is 10.1 Å². The Morgan fingerprint density at radius 2 is 1.83 bits per heavy atom. The van der Waals surface area contributed by atoms with Crippen molar-refractivity contribution in [2.24, 2.45) is 0 Å². The van der Waals surface area contributed by atoms with E-state index in [4.69, 9.17) is 20.9 Å². The smallest absolute Gasteiger partial charge is 0.262 e. The third-order valence-electron chi connectivity index (χ3n) is 4.40. The maximum atomic E-state index is 12.2. The van der Waals surface area contributed by atoms with E-state index in [2.05, 4.69) is 15.5 Å². The first-order valence-electron chi connectivity index (χ1n) is 9.27. The molecule has 4 aromatic rings. The topological polar surface area (TPSA) is 77.2 Å². The molecule has 6 nitrogen and oxygen atoms in total. The molecule has 0 saturated carbocycles. The predicted molar refractivity (Wildman–Crippen MR) is 115 cm³/mol. The van der Waals surface area contributed by atoms with E-state index in [1.165, 1.54) is 0 Å². The highest BCUT2D eigenvalue weighted by Gasteiger charge is 2.12. The van der Waals surface area contributed by atoms with Gasteiger partial charge >= 0.3 is 0 Å². The number of nitrogens with zero attached hydrogens (tertiary/aromatic N) is 2. The first-order chi connectivity index (χ1) is 14.6. The lowest BCUT2D eigenvalue weighted by atomic mass is 10.2. The lowest BCUT2D eigenvalue weighted by Crippen LogP contribution is -2.20. The number of amides is 1. The second-order valence-electron chi connectivity index (χ2n) is 6.61. The fraction of sp³-hybridized carbons (Fsp3) is 0.0870. The van der Waals surface area contributed by atoms with Gasteiger partial charge in [0.1, 0.15) is 5.75 Å². The monoisotopic (exact) mass is 419 g/mol. The molecule has 1 amide bonds. The SMILES string of the molecule is Cc1ccccc1NC(=O)COc1cccc(-c2noc(-c3ccc(Cl)cc3)n2)c1. The summed E-state index contributed by atoms with van der Waals surface area (Å²) < 4.78 is 11.0. The molecule has 0 atom stereocenters. The Labute approximate surface area is 178 Å². The van der Waals surface area contributed by atoms with Gasteiger partial charge in [-0.1, -0.05) is 47.1 Å². The molecule has 0 aliphatic carbocycles. The number of rotatable bonds is 6. The molecule has 4 rings (SSSR count). The summed E-state index contributed by atoms with van der Waals surface area (Å²) in [6.07, 6.45) is 0. The normalized spacial score (nSPS) is 10.6. The van der Waals surface area contributed by atoms with E-state index in [0.717, 1.165) is 22.4 Å². The summed E-state index contributed by atoms with van der Waals surface area (Å²) in [7, 11) is 0. The van der Waals surface area contributed by atoms with E-state index in [1.54, 1.807) is 24.3 Å². The van der Waals surface area contributed by atoms with Gasteiger partial charge in [-0.2, -0.15) is 4.98 Å². The summed E-state index contributed by atoms with van der Waals surface area (Å²) in [5.41, 5.74) is 3.25. The summed E-state index contributed by atoms with van der Waals surface area (Å²) in [5, 5.41) is 7.51.